The largest absolute Gasteiger partial charge is 0.322 e. The Morgan fingerprint density at radius 1 is 1.14 bits per heavy atom. The second-order valence-electron chi connectivity index (χ2n) is 6.70. The number of carbonyl (C=O) groups is 1. The van der Waals surface area contributed by atoms with Gasteiger partial charge in [0.25, 0.3) is 11.6 Å². The van der Waals surface area contributed by atoms with Crippen LogP contribution >= 0.6 is 11.8 Å². The van der Waals surface area contributed by atoms with Crippen LogP contribution in [0.4, 0.5) is 11.4 Å². The molecule has 0 aliphatic carbocycles. The zero-order valence-corrected chi connectivity index (χ0v) is 17.5. The number of rotatable bonds is 6. The predicted molar refractivity (Wildman–Crippen MR) is 114 cm³/mol. The summed E-state index contributed by atoms with van der Waals surface area (Å²) in [6.07, 6.45) is 0. The Balaban J connectivity index is 1.91. The number of aromatic nitrogens is 2. The Kier molecular flexibility index (Phi) is 6.03. The number of nitrogens with zero attached hydrogens (tertiary/aromatic N) is 3. The van der Waals surface area contributed by atoms with Crippen molar-refractivity contribution in [3.63, 3.8) is 0 Å². The number of benzene rings is 2. The fourth-order valence-electron chi connectivity index (χ4n) is 3.09. The van der Waals surface area contributed by atoms with E-state index in [1.165, 1.54) is 23.9 Å². The zero-order chi connectivity index (χ0) is 21.1. The topological polar surface area (TPSA) is 90.1 Å². The molecule has 29 heavy (non-hydrogen) atoms. The first-order chi connectivity index (χ1) is 13.8. The molecule has 3 rings (SSSR count). The number of non-ortho nitro benzene ring substituents is 1. The molecule has 0 unspecified atom stereocenters. The molecule has 3 aromatic rings. The van der Waals surface area contributed by atoms with E-state index >= 15 is 0 Å². The van der Waals surface area contributed by atoms with Gasteiger partial charge in [-0.3, -0.25) is 19.6 Å². The van der Waals surface area contributed by atoms with Gasteiger partial charge in [-0.1, -0.05) is 29.5 Å². The van der Waals surface area contributed by atoms with E-state index in [0.29, 0.717) is 28.4 Å². The van der Waals surface area contributed by atoms with Gasteiger partial charge < -0.3 is 5.32 Å². The number of carbonyl (C=O) groups excluding carboxylic acids is 1. The normalized spacial score (nSPS) is 10.8. The number of nitro groups is 1. The lowest BCUT2D eigenvalue weighted by molar-refractivity contribution is -0.385. The van der Waals surface area contributed by atoms with E-state index in [9.17, 15) is 14.9 Å². The van der Waals surface area contributed by atoms with Crippen LogP contribution in [0.15, 0.2) is 52.3 Å². The van der Waals surface area contributed by atoms with Crippen molar-refractivity contribution in [3.05, 3.63) is 75.1 Å². The summed E-state index contributed by atoms with van der Waals surface area (Å²) in [6, 6.07) is 12.5. The molecule has 0 aliphatic heterocycles. The van der Waals surface area contributed by atoms with Gasteiger partial charge in [0.2, 0.25) is 0 Å². The van der Waals surface area contributed by atoms with Gasteiger partial charge in [-0.25, -0.2) is 0 Å². The Hall–Kier alpha value is -3.13. The third kappa shape index (κ3) is 4.65. The van der Waals surface area contributed by atoms with Crippen molar-refractivity contribution in [3.8, 4) is 0 Å². The van der Waals surface area contributed by atoms with E-state index in [-0.39, 0.29) is 11.6 Å². The minimum Gasteiger partial charge on any atom is -0.322 e. The summed E-state index contributed by atoms with van der Waals surface area (Å²) in [5.74, 6) is -0.327. The Labute approximate surface area is 173 Å². The fraction of sp³-hybridized carbons (Fsp3) is 0.238. The number of hydrogen-bond donors (Lipinski definition) is 1. The summed E-state index contributed by atoms with van der Waals surface area (Å²) in [6.45, 7) is 8.23. The van der Waals surface area contributed by atoms with Crippen molar-refractivity contribution in [1.82, 2.24) is 9.78 Å². The van der Waals surface area contributed by atoms with Crippen LogP contribution < -0.4 is 5.32 Å². The maximum Gasteiger partial charge on any atom is 0.272 e. The van der Waals surface area contributed by atoms with Gasteiger partial charge in [-0.2, -0.15) is 5.10 Å². The van der Waals surface area contributed by atoms with E-state index < -0.39 is 4.92 Å². The molecule has 0 bridgehead atoms. The molecule has 1 amide bonds. The maximum atomic E-state index is 12.8. The van der Waals surface area contributed by atoms with Crippen molar-refractivity contribution in [2.24, 2.45) is 0 Å². The molecule has 8 heteroatoms. The monoisotopic (exact) mass is 410 g/mol. The maximum absolute atomic E-state index is 12.8. The SMILES string of the molecule is CCn1nc(C)c(C(=O)Nc2cc(Sc3ccc(C)cc3)cc([N+](=O)[O-])c2)c1C. The Morgan fingerprint density at radius 2 is 1.83 bits per heavy atom. The minimum absolute atomic E-state index is 0.0740. The molecule has 0 atom stereocenters. The molecule has 1 heterocycles. The van der Waals surface area contributed by atoms with Crippen molar-refractivity contribution in [2.45, 2.75) is 44.0 Å². The molecule has 0 saturated heterocycles. The van der Waals surface area contributed by atoms with Gasteiger partial charge in [0.15, 0.2) is 0 Å². The van der Waals surface area contributed by atoms with E-state index in [2.05, 4.69) is 10.4 Å². The van der Waals surface area contributed by atoms with Crippen LogP contribution in [0.1, 0.15) is 34.2 Å². The van der Waals surface area contributed by atoms with E-state index in [0.717, 1.165) is 16.2 Å². The zero-order valence-electron chi connectivity index (χ0n) is 16.7. The smallest absolute Gasteiger partial charge is 0.272 e. The number of nitrogens with one attached hydrogen (secondary N) is 1. The van der Waals surface area contributed by atoms with Crippen LogP contribution in [-0.2, 0) is 6.54 Å². The molecule has 1 N–H and O–H groups in total. The molecular formula is C21H22N4O3S. The number of aryl methyl sites for hydroxylation is 3. The van der Waals surface area contributed by atoms with Gasteiger partial charge in [0.1, 0.15) is 0 Å². The number of amides is 1. The summed E-state index contributed by atoms with van der Waals surface area (Å²) >= 11 is 1.41. The first kappa shape index (κ1) is 20.6. The van der Waals surface area contributed by atoms with Crippen LogP contribution in [0.5, 0.6) is 0 Å². The van der Waals surface area contributed by atoms with E-state index in [4.69, 9.17) is 0 Å². The standard InChI is InChI=1S/C21H22N4O3S/c1-5-24-15(4)20(14(3)23-24)21(26)22-16-10-17(25(27)28)12-19(11-16)29-18-8-6-13(2)7-9-18/h6-12H,5H2,1-4H3,(H,22,26). The third-order valence-electron chi connectivity index (χ3n) is 4.52. The first-order valence-electron chi connectivity index (χ1n) is 9.18. The van der Waals surface area contributed by atoms with E-state index in [1.807, 2.05) is 45.0 Å². The van der Waals surface area contributed by atoms with Crippen molar-refractivity contribution < 1.29 is 9.72 Å². The van der Waals surface area contributed by atoms with E-state index in [1.54, 1.807) is 17.7 Å². The second-order valence-corrected chi connectivity index (χ2v) is 7.85. The van der Waals surface area contributed by atoms with Crippen molar-refractivity contribution in [1.29, 1.82) is 0 Å². The average molecular weight is 410 g/mol. The number of anilines is 1. The second kappa shape index (κ2) is 8.48. The quantitative estimate of drug-likeness (QED) is 0.449. The Morgan fingerprint density at radius 3 is 2.41 bits per heavy atom. The minimum atomic E-state index is -0.458. The highest BCUT2D eigenvalue weighted by molar-refractivity contribution is 7.99. The highest BCUT2D eigenvalue weighted by atomic mass is 32.2. The summed E-state index contributed by atoms with van der Waals surface area (Å²) in [7, 11) is 0. The molecule has 0 spiro atoms. The lowest BCUT2D eigenvalue weighted by Crippen LogP contribution is -2.14. The van der Waals surface area contributed by atoms with Gasteiger partial charge >= 0.3 is 0 Å². The molecular weight excluding hydrogens is 388 g/mol. The van der Waals surface area contributed by atoms with Gasteiger partial charge in [0, 0.05) is 39.8 Å². The molecule has 0 fully saturated rings. The average Bonchev–Trinajstić information content (AvgIpc) is 2.96. The number of nitro benzene ring substituents is 1. The highest BCUT2D eigenvalue weighted by Gasteiger charge is 2.19. The van der Waals surface area contributed by atoms with Crippen LogP contribution in [0, 0.1) is 30.9 Å². The Bertz CT molecular complexity index is 1070. The molecule has 2 aromatic carbocycles. The molecule has 7 nitrogen and oxygen atoms in total. The first-order valence-corrected chi connectivity index (χ1v) is 9.99. The van der Waals surface area contributed by atoms with Crippen molar-refractivity contribution >= 4 is 29.0 Å². The van der Waals surface area contributed by atoms with Gasteiger partial charge in [0.05, 0.1) is 16.2 Å². The molecule has 150 valence electrons. The fourth-order valence-corrected chi connectivity index (χ4v) is 4.00. The lowest BCUT2D eigenvalue weighted by Gasteiger charge is -2.09. The van der Waals surface area contributed by atoms with Crippen LogP contribution in [0.25, 0.3) is 0 Å². The van der Waals surface area contributed by atoms with Crippen LogP contribution in [-0.4, -0.2) is 20.6 Å². The summed E-state index contributed by atoms with van der Waals surface area (Å²) in [5.41, 5.74) is 3.33. The molecule has 0 aliphatic rings. The van der Waals surface area contributed by atoms with Crippen LogP contribution in [0.3, 0.4) is 0 Å². The van der Waals surface area contributed by atoms with Gasteiger partial charge in [-0.05, 0) is 45.9 Å². The lowest BCUT2D eigenvalue weighted by atomic mass is 10.1. The summed E-state index contributed by atoms with van der Waals surface area (Å²) < 4.78 is 1.76. The summed E-state index contributed by atoms with van der Waals surface area (Å²) in [5, 5.41) is 18.5. The number of hydrogen-bond acceptors (Lipinski definition) is 5. The molecule has 0 saturated carbocycles. The van der Waals surface area contributed by atoms with Crippen LogP contribution in [0.2, 0.25) is 0 Å². The third-order valence-corrected chi connectivity index (χ3v) is 5.50. The van der Waals surface area contributed by atoms with Crippen molar-refractivity contribution in [2.75, 3.05) is 5.32 Å². The highest BCUT2D eigenvalue weighted by Crippen LogP contribution is 2.33. The molecule has 0 radical (unpaired) electrons. The molecule has 1 aromatic heterocycles. The predicted octanol–water partition coefficient (Wildman–Crippen LogP) is 5.14. The van der Waals surface area contributed by atoms with Gasteiger partial charge in [-0.15, -0.1) is 0 Å². The summed E-state index contributed by atoms with van der Waals surface area (Å²) in [4.78, 5) is 25.4.